The normalized spacial score (nSPS) is 15.1. The van der Waals surface area contributed by atoms with Gasteiger partial charge in [0.15, 0.2) is 0 Å². The molecule has 2 heterocycles. The van der Waals surface area contributed by atoms with E-state index in [1.54, 1.807) is 24.3 Å². The number of aromatic nitrogens is 2. The lowest BCUT2D eigenvalue weighted by atomic mass is 9.95. The van der Waals surface area contributed by atoms with Crippen molar-refractivity contribution in [2.45, 2.75) is 25.7 Å². The van der Waals surface area contributed by atoms with Crippen LogP contribution in [0.3, 0.4) is 0 Å². The molecule has 3 aromatic rings. The number of anilines is 1. The van der Waals surface area contributed by atoms with Gasteiger partial charge in [-0.3, -0.25) is 9.59 Å². The Morgan fingerprint density at radius 3 is 2.63 bits per heavy atom. The van der Waals surface area contributed by atoms with Crippen molar-refractivity contribution in [2.75, 3.05) is 18.4 Å². The van der Waals surface area contributed by atoms with Gasteiger partial charge in [0, 0.05) is 37.2 Å². The summed E-state index contributed by atoms with van der Waals surface area (Å²) in [5.74, 6) is 1.21. The highest BCUT2D eigenvalue weighted by Crippen LogP contribution is 2.28. The third kappa shape index (κ3) is 3.69. The van der Waals surface area contributed by atoms with Crippen LogP contribution in [0.2, 0.25) is 0 Å². The highest BCUT2D eigenvalue weighted by molar-refractivity contribution is 5.96. The van der Waals surface area contributed by atoms with Crippen LogP contribution in [0.4, 0.5) is 5.69 Å². The van der Waals surface area contributed by atoms with Crippen molar-refractivity contribution in [3.8, 4) is 0 Å². The SMILES string of the molecule is CC(=O)Nc1cccc(C(=O)N2CCC(c3nc4ccccc4[nH]3)CC2)c1. The standard InChI is InChI=1S/C21H22N4O2/c1-14(26)22-17-6-4-5-16(13-17)21(27)25-11-9-15(10-12-25)20-23-18-7-2-3-8-19(18)24-20/h2-8,13,15H,9-12H2,1H3,(H,22,26)(H,23,24). The molecule has 4 rings (SSSR count). The number of hydrogen-bond acceptors (Lipinski definition) is 3. The lowest BCUT2D eigenvalue weighted by Crippen LogP contribution is -2.38. The van der Waals surface area contributed by atoms with Gasteiger partial charge in [0.2, 0.25) is 5.91 Å². The number of likely N-dealkylation sites (tertiary alicyclic amines) is 1. The van der Waals surface area contributed by atoms with Gasteiger partial charge in [-0.1, -0.05) is 18.2 Å². The molecule has 0 spiro atoms. The molecule has 0 atom stereocenters. The van der Waals surface area contributed by atoms with E-state index in [0.29, 0.717) is 30.3 Å². The number of benzene rings is 2. The Morgan fingerprint density at radius 1 is 1.11 bits per heavy atom. The zero-order valence-corrected chi connectivity index (χ0v) is 15.2. The number of fused-ring (bicyclic) bond motifs is 1. The largest absolute Gasteiger partial charge is 0.342 e. The van der Waals surface area contributed by atoms with Gasteiger partial charge in [0.1, 0.15) is 5.82 Å². The summed E-state index contributed by atoms with van der Waals surface area (Å²) in [6, 6.07) is 15.1. The molecule has 1 aliphatic heterocycles. The second-order valence-corrected chi connectivity index (χ2v) is 6.97. The number of rotatable bonds is 3. The minimum absolute atomic E-state index is 0.00487. The summed E-state index contributed by atoms with van der Waals surface area (Å²) in [5, 5.41) is 2.72. The minimum atomic E-state index is -0.147. The molecule has 0 aliphatic carbocycles. The van der Waals surface area contributed by atoms with Crippen LogP contribution in [0.1, 0.15) is 41.9 Å². The molecule has 1 aliphatic rings. The smallest absolute Gasteiger partial charge is 0.253 e. The molecule has 27 heavy (non-hydrogen) atoms. The number of para-hydroxylation sites is 2. The Labute approximate surface area is 157 Å². The van der Waals surface area contributed by atoms with Crippen LogP contribution in [0.5, 0.6) is 0 Å². The first-order valence-electron chi connectivity index (χ1n) is 9.22. The van der Waals surface area contributed by atoms with Gasteiger partial charge in [-0.25, -0.2) is 4.98 Å². The number of amides is 2. The summed E-state index contributed by atoms with van der Waals surface area (Å²) in [7, 11) is 0. The maximum atomic E-state index is 12.8. The molecule has 2 N–H and O–H groups in total. The molecule has 1 fully saturated rings. The fraction of sp³-hybridized carbons (Fsp3) is 0.286. The van der Waals surface area contributed by atoms with Crippen molar-refractivity contribution in [2.24, 2.45) is 0 Å². The molecule has 2 amide bonds. The topological polar surface area (TPSA) is 78.1 Å². The number of aromatic amines is 1. The monoisotopic (exact) mass is 362 g/mol. The summed E-state index contributed by atoms with van der Waals surface area (Å²) in [6.45, 7) is 2.85. The Hall–Kier alpha value is -3.15. The summed E-state index contributed by atoms with van der Waals surface area (Å²) in [6.07, 6.45) is 1.77. The molecule has 0 bridgehead atoms. The van der Waals surface area contributed by atoms with E-state index < -0.39 is 0 Å². The number of piperidine rings is 1. The van der Waals surface area contributed by atoms with E-state index in [9.17, 15) is 9.59 Å². The molecule has 1 saturated heterocycles. The van der Waals surface area contributed by atoms with Crippen LogP contribution in [0.25, 0.3) is 11.0 Å². The van der Waals surface area contributed by atoms with Gasteiger partial charge in [-0.15, -0.1) is 0 Å². The fourth-order valence-corrected chi connectivity index (χ4v) is 3.64. The molecular weight excluding hydrogens is 340 g/mol. The van der Waals surface area contributed by atoms with Crippen molar-refractivity contribution in [3.05, 3.63) is 59.9 Å². The van der Waals surface area contributed by atoms with Gasteiger partial charge < -0.3 is 15.2 Å². The predicted octanol–water partition coefficient (Wildman–Crippen LogP) is 3.54. The van der Waals surface area contributed by atoms with Crippen LogP contribution < -0.4 is 5.32 Å². The molecule has 6 heteroatoms. The molecule has 0 radical (unpaired) electrons. The summed E-state index contributed by atoms with van der Waals surface area (Å²) < 4.78 is 0. The van der Waals surface area contributed by atoms with Crippen molar-refractivity contribution >= 4 is 28.5 Å². The zero-order chi connectivity index (χ0) is 18.8. The molecule has 0 saturated carbocycles. The van der Waals surface area contributed by atoms with Crippen LogP contribution in [0, 0.1) is 0 Å². The van der Waals surface area contributed by atoms with Crippen molar-refractivity contribution < 1.29 is 9.59 Å². The van der Waals surface area contributed by atoms with E-state index in [1.807, 2.05) is 29.2 Å². The minimum Gasteiger partial charge on any atom is -0.342 e. The van der Waals surface area contributed by atoms with E-state index in [4.69, 9.17) is 4.98 Å². The highest BCUT2D eigenvalue weighted by atomic mass is 16.2. The van der Waals surface area contributed by atoms with Crippen LogP contribution in [0.15, 0.2) is 48.5 Å². The first kappa shape index (κ1) is 17.3. The third-order valence-corrected chi connectivity index (χ3v) is 5.01. The third-order valence-electron chi connectivity index (χ3n) is 5.01. The second-order valence-electron chi connectivity index (χ2n) is 6.97. The summed E-state index contributed by atoms with van der Waals surface area (Å²) >= 11 is 0. The van der Waals surface area contributed by atoms with Crippen LogP contribution in [-0.4, -0.2) is 39.8 Å². The van der Waals surface area contributed by atoms with Gasteiger partial charge in [0.25, 0.3) is 5.91 Å². The lowest BCUT2D eigenvalue weighted by molar-refractivity contribution is -0.114. The lowest BCUT2D eigenvalue weighted by Gasteiger charge is -2.31. The summed E-state index contributed by atoms with van der Waals surface area (Å²) in [5.41, 5.74) is 3.29. The maximum absolute atomic E-state index is 12.8. The van der Waals surface area contributed by atoms with Gasteiger partial charge >= 0.3 is 0 Å². The molecule has 138 valence electrons. The van der Waals surface area contributed by atoms with Gasteiger partial charge in [-0.2, -0.15) is 0 Å². The van der Waals surface area contributed by atoms with E-state index in [0.717, 1.165) is 29.7 Å². The maximum Gasteiger partial charge on any atom is 0.253 e. The van der Waals surface area contributed by atoms with Gasteiger partial charge in [-0.05, 0) is 43.2 Å². The predicted molar refractivity (Wildman–Crippen MR) is 105 cm³/mol. The first-order valence-corrected chi connectivity index (χ1v) is 9.22. The van der Waals surface area contributed by atoms with E-state index in [1.165, 1.54) is 6.92 Å². The Morgan fingerprint density at radius 2 is 1.89 bits per heavy atom. The van der Waals surface area contributed by atoms with Crippen molar-refractivity contribution in [1.82, 2.24) is 14.9 Å². The fourth-order valence-electron chi connectivity index (χ4n) is 3.64. The molecular formula is C21H22N4O2. The highest BCUT2D eigenvalue weighted by Gasteiger charge is 2.26. The molecule has 2 aromatic carbocycles. The van der Waals surface area contributed by atoms with Crippen LogP contribution in [-0.2, 0) is 4.79 Å². The average Bonchev–Trinajstić information content (AvgIpc) is 3.11. The molecule has 1 aromatic heterocycles. The molecule has 0 unspecified atom stereocenters. The number of nitrogens with one attached hydrogen (secondary N) is 2. The van der Waals surface area contributed by atoms with E-state index >= 15 is 0 Å². The quantitative estimate of drug-likeness (QED) is 0.748. The van der Waals surface area contributed by atoms with Crippen molar-refractivity contribution in [3.63, 3.8) is 0 Å². The van der Waals surface area contributed by atoms with E-state index in [2.05, 4.69) is 10.3 Å². The number of nitrogens with zero attached hydrogens (tertiary/aromatic N) is 2. The Kier molecular flexibility index (Phi) is 4.62. The first-order chi connectivity index (χ1) is 13.1. The average molecular weight is 362 g/mol. The summed E-state index contributed by atoms with van der Waals surface area (Å²) in [4.78, 5) is 34.0. The number of carbonyl (C=O) groups is 2. The van der Waals surface area contributed by atoms with E-state index in [-0.39, 0.29) is 11.8 Å². The van der Waals surface area contributed by atoms with Crippen molar-refractivity contribution in [1.29, 1.82) is 0 Å². The molecule has 6 nitrogen and oxygen atoms in total. The number of imidazole rings is 1. The van der Waals surface area contributed by atoms with Gasteiger partial charge in [0.05, 0.1) is 11.0 Å². The number of H-pyrrole nitrogens is 1. The van der Waals surface area contributed by atoms with Crippen LogP contribution >= 0.6 is 0 Å². The Bertz CT molecular complexity index is 954. The zero-order valence-electron chi connectivity index (χ0n) is 15.2. The number of carbonyl (C=O) groups excluding carboxylic acids is 2. The number of hydrogen-bond donors (Lipinski definition) is 2. The Balaban J connectivity index is 1.42. The second kappa shape index (κ2) is 7.23.